The number of rotatable bonds is 6. The zero-order chi connectivity index (χ0) is 16.8. The molecule has 6 nitrogen and oxygen atoms in total. The van der Waals surface area contributed by atoms with Crippen molar-refractivity contribution in [2.45, 2.75) is 26.0 Å². The highest BCUT2D eigenvalue weighted by Crippen LogP contribution is 2.22. The maximum atomic E-state index is 11.4. The van der Waals surface area contributed by atoms with Gasteiger partial charge in [0, 0.05) is 30.0 Å². The summed E-state index contributed by atoms with van der Waals surface area (Å²) in [6, 6.07) is 8.21. The van der Waals surface area contributed by atoms with Crippen molar-refractivity contribution in [2.24, 2.45) is 4.99 Å². The van der Waals surface area contributed by atoms with Crippen LogP contribution in [0.25, 0.3) is 0 Å². The summed E-state index contributed by atoms with van der Waals surface area (Å²) < 4.78 is 0. The van der Waals surface area contributed by atoms with E-state index in [2.05, 4.69) is 9.98 Å². The van der Waals surface area contributed by atoms with Gasteiger partial charge in [0.25, 0.3) is 0 Å². The molecule has 2 aromatic rings. The second-order valence-electron chi connectivity index (χ2n) is 5.11. The molecule has 23 heavy (non-hydrogen) atoms. The molecule has 2 rings (SSSR count). The molecule has 0 radical (unpaired) electrons. The predicted molar refractivity (Wildman–Crippen MR) is 85.7 cm³/mol. The van der Waals surface area contributed by atoms with E-state index in [9.17, 15) is 20.1 Å². The molecule has 0 fully saturated rings. The Kier molecular flexibility index (Phi) is 5.43. The Bertz CT molecular complexity index is 714. The number of carboxylic acid groups (broad SMARTS) is 1. The molecule has 0 bridgehead atoms. The first kappa shape index (κ1) is 16.6. The Morgan fingerprint density at radius 3 is 2.65 bits per heavy atom. The van der Waals surface area contributed by atoms with E-state index in [1.54, 1.807) is 6.92 Å². The number of aliphatic carboxylic acids is 1. The van der Waals surface area contributed by atoms with Crippen LogP contribution in [-0.4, -0.2) is 38.5 Å². The molecule has 0 spiro atoms. The Labute approximate surface area is 133 Å². The van der Waals surface area contributed by atoms with Crippen LogP contribution in [0, 0.1) is 6.92 Å². The Balaban J connectivity index is 2.28. The van der Waals surface area contributed by atoms with Crippen LogP contribution in [0.3, 0.4) is 0 Å². The minimum atomic E-state index is -1.05. The van der Waals surface area contributed by atoms with E-state index in [0.717, 1.165) is 5.56 Å². The smallest absolute Gasteiger partial charge is 0.328 e. The van der Waals surface area contributed by atoms with Crippen LogP contribution in [0.2, 0.25) is 0 Å². The average Bonchev–Trinajstić information content (AvgIpc) is 2.55. The number of carbonyl (C=O) groups is 1. The largest absolute Gasteiger partial charge is 0.505 e. The molecular formula is C17H18N2O4. The van der Waals surface area contributed by atoms with E-state index >= 15 is 0 Å². The van der Waals surface area contributed by atoms with Gasteiger partial charge in [-0.15, -0.1) is 0 Å². The first-order valence-corrected chi connectivity index (χ1v) is 7.11. The molecule has 0 aliphatic rings. The highest BCUT2D eigenvalue weighted by molar-refractivity contribution is 5.88. The summed E-state index contributed by atoms with van der Waals surface area (Å²) >= 11 is 0. The molecule has 0 saturated carbocycles. The minimum absolute atomic E-state index is 0.107. The predicted octanol–water partition coefficient (Wildman–Crippen LogP) is 1.70. The first-order valence-electron chi connectivity index (χ1n) is 7.11. The number of carboxylic acids is 1. The van der Waals surface area contributed by atoms with Gasteiger partial charge in [0.05, 0.1) is 12.3 Å². The topological polar surface area (TPSA) is 103 Å². The van der Waals surface area contributed by atoms with Crippen molar-refractivity contribution in [1.29, 1.82) is 0 Å². The van der Waals surface area contributed by atoms with E-state index in [1.807, 2.05) is 30.3 Å². The number of aryl methyl sites for hydroxylation is 1. The van der Waals surface area contributed by atoms with Crippen molar-refractivity contribution in [1.82, 2.24) is 4.98 Å². The first-order chi connectivity index (χ1) is 11.0. The summed E-state index contributed by atoms with van der Waals surface area (Å²) in [4.78, 5) is 19.4. The van der Waals surface area contributed by atoms with Gasteiger partial charge in [0.15, 0.2) is 6.04 Å². The Morgan fingerprint density at radius 2 is 2.04 bits per heavy atom. The van der Waals surface area contributed by atoms with Crippen molar-refractivity contribution in [3.8, 4) is 5.75 Å². The molecule has 1 atom stereocenters. The number of aliphatic imine (C=N–C) groups is 1. The monoisotopic (exact) mass is 314 g/mol. The lowest BCUT2D eigenvalue weighted by Gasteiger charge is -2.10. The summed E-state index contributed by atoms with van der Waals surface area (Å²) in [5, 5.41) is 28.7. The van der Waals surface area contributed by atoms with E-state index in [-0.39, 0.29) is 18.8 Å². The van der Waals surface area contributed by atoms with Crippen LogP contribution >= 0.6 is 0 Å². The van der Waals surface area contributed by atoms with Gasteiger partial charge in [-0.2, -0.15) is 0 Å². The number of aromatic nitrogens is 1. The van der Waals surface area contributed by atoms with Crippen molar-refractivity contribution >= 4 is 12.2 Å². The molecule has 0 aliphatic carbocycles. The third kappa shape index (κ3) is 4.14. The number of pyridine rings is 1. The number of aromatic hydroxyl groups is 1. The maximum absolute atomic E-state index is 11.4. The highest BCUT2D eigenvalue weighted by Gasteiger charge is 2.17. The van der Waals surface area contributed by atoms with Gasteiger partial charge in [0.2, 0.25) is 0 Å². The maximum Gasteiger partial charge on any atom is 0.328 e. The number of nitrogens with zero attached hydrogens (tertiary/aromatic N) is 2. The van der Waals surface area contributed by atoms with Crippen LogP contribution in [0.1, 0.15) is 22.4 Å². The molecule has 0 saturated heterocycles. The summed E-state index contributed by atoms with van der Waals surface area (Å²) in [5.41, 5.74) is 1.92. The molecule has 0 unspecified atom stereocenters. The van der Waals surface area contributed by atoms with Gasteiger partial charge >= 0.3 is 5.97 Å². The molecule has 6 heteroatoms. The van der Waals surface area contributed by atoms with E-state index < -0.39 is 12.0 Å². The van der Waals surface area contributed by atoms with Crippen molar-refractivity contribution < 1.29 is 20.1 Å². The van der Waals surface area contributed by atoms with Crippen LogP contribution in [-0.2, 0) is 17.8 Å². The lowest BCUT2D eigenvalue weighted by molar-refractivity contribution is -0.138. The molecule has 3 N–H and O–H groups in total. The highest BCUT2D eigenvalue weighted by atomic mass is 16.4. The Morgan fingerprint density at radius 1 is 1.35 bits per heavy atom. The molecule has 0 aliphatic heterocycles. The van der Waals surface area contributed by atoms with Crippen LogP contribution in [0.5, 0.6) is 5.75 Å². The summed E-state index contributed by atoms with van der Waals surface area (Å²) in [6.07, 6.45) is 2.96. The molecule has 0 amide bonds. The standard InChI is InChI=1S/C17H18N2O4/c1-11-16(21)14(13(10-20)8-18-11)9-19-15(17(22)23)7-12-5-3-2-4-6-12/h2-6,8-9,15,20-21H,7,10H2,1H3,(H,22,23)/t15-/m0/s1. The number of hydrogen-bond donors (Lipinski definition) is 3. The zero-order valence-electron chi connectivity index (χ0n) is 12.7. The third-order valence-corrected chi connectivity index (χ3v) is 3.47. The van der Waals surface area contributed by atoms with Crippen LogP contribution in [0.4, 0.5) is 0 Å². The second kappa shape index (κ2) is 7.51. The molecule has 1 aromatic carbocycles. The lowest BCUT2D eigenvalue weighted by Crippen LogP contribution is -2.21. The van der Waals surface area contributed by atoms with Gasteiger partial charge in [-0.05, 0) is 12.5 Å². The number of aliphatic hydroxyl groups excluding tert-OH is 1. The van der Waals surface area contributed by atoms with E-state index in [1.165, 1.54) is 12.4 Å². The van der Waals surface area contributed by atoms with Gasteiger partial charge in [0.1, 0.15) is 5.75 Å². The van der Waals surface area contributed by atoms with E-state index in [0.29, 0.717) is 16.8 Å². The normalized spacial score (nSPS) is 12.4. The fourth-order valence-corrected chi connectivity index (χ4v) is 2.13. The SMILES string of the molecule is Cc1ncc(CO)c(C=N[C@@H](Cc2ccccc2)C(=O)O)c1O. The molecule has 1 heterocycles. The number of hydrogen-bond acceptors (Lipinski definition) is 5. The molecular weight excluding hydrogens is 296 g/mol. The van der Waals surface area contributed by atoms with Gasteiger partial charge in [-0.25, -0.2) is 4.79 Å². The number of aliphatic hydroxyl groups is 1. The zero-order valence-corrected chi connectivity index (χ0v) is 12.7. The molecule has 120 valence electrons. The summed E-state index contributed by atoms with van der Waals surface area (Å²) in [7, 11) is 0. The van der Waals surface area contributed by atoms with E-state index in [4.69, 9.17) is 0 Å². The van der Waals surface area contributed by atoms with Gasteiger partial charge in [-0.3, -0.25) is 9.98 Å². The average molecular weight is 314 g/mol. The third-order valence-electron chi connectivity index (χ3n) is 3.47. The second-order valence-corrected chi connectivity index (χ2v) is 5.11. The minimum Gasteiger partial charge on any atom is -0.505 e. The van der Waals surface area contributed by atoms with Crippen molar-refractivity contribution in [2.75, 3.05) is 0 Å². The van der Waals surface area contributed by atoms with Crippen LogP contribution in [0.15, 0.2) is 41.5 Å². The van der Waals surface area contributed by atoms with Gasteiger partial charge in [-0.1, -0.05) is 30.3 Å². The summed E-state index contributed by atoms with van der Waals surface area (Å²) in [5.74, 6) is -1.16. The quantitative estimate of drug-likeness (QED) is 0.704. The number of benzene rings is 1. The summed E-state index contributed by atoms with van der Waals surface area (Å²) in [6.45, 7) is 1.30. The van der Waals surface area contributed by atoms with Crippen molar-refractivity contribution in [3.05, 3.63) is 58.9 Å². The fraction of sp³-hybridized carbons (Fsp3) is 0.235. The Hall–Kier alpha value is -2.73. The van der Waals surface area contributed by atoms with Crippen LogP contribution < -0.4 is 0 Å². The fourth-order valence-electron chi connectivity index (χ4n) is 2.13. The van der Waals surface area contributed by atoms with Gasteiger partial charge < -0.3 is 15.3 Å². The van der Waals surface area contributed by atoms with Crippen molar-refractivity contribution in [3.63, 3.8) is 0 Å². The molecule has 1 aromatic heterocycles. The lowest BCUT2D eigenvalue weighted by atomic mass is 10.1.